The summed E-state index contributed by atoms with van der Waals surface area (Å²) in [6.07, 6.45) is 3.80. The topological polar surface area (TPSA) is 67.1 Å². The lowest BCUT2D eigenvalue weighted by atomic mass is 10.2. The van der Waals surface area contributed by atoms with Crippen molar-refractivity contribution in [3.63, 3.8) is 0 Å². The number of carbonyl (C=O) groups excluding carboxylic acids is 1. The Morgan fingerprint density at radius 1 is 1.55 bits per heavy atom. The van der Waals surface area contributed by atoms with Crippen molar-refractivity contribution >= 4 is 11.6 Å². The second-order valence-electron chi connectivity index (χ2n) is 5.06. The molecule has 6 nitrogen and oxygen atoms in total. The van der Waals surface area contributed by atoms with Gasteiger partial charge in [-0.25, -0.2) is 4.98 Å². The van der Waals surface area contributed by atoms with Crippen LogP contribution in [0.15, 0.2) is 30.6 Å². The summed E-state index contributed by atoms with van der Waals surface area (Å²) in [7, 11) is 1.37. The highest BCUT2D eigenvalue weighted by Crippen LogP contribution is 2.21. The zero-order valence-electron chi connectivity index (χ0n) is 11.3. The molecule has 0 amide bonds. The number of carbonyl (C=O) groups is 1. The molecule has 2 aromatic rings. The summed E-state index contributed by atoms with van der Waals surface area (Å²) in [5.41, 5.74) is 1.75. The predicted octanol–water partition coefficient (Wildman–Crippen LogP) is 0.442. The largest absolute Gasteiger partial charge is 0.468 e. The first-order valence-electron chi connectivity index (χ1n) is 6.60. The Balaban J connectivity index is 1.80. The molecule has 0 aromatic carbocycles. The third-order valence-electron chi connectivity index (χ3n) is 3.63. The molecular formula is C14H17N3O3. The van der Waals surface area contributed by atoms with Crippen LogP contribution in [-0.4, -0.2) is 51.2 Å². The Labute approximate surface area is 116 Å². The van der Waals surface area contributed by atoms with E-state index in [1.54, 1.807) is 0 Å². The molecule has 0 unspecified atom stereocenters. The fourth-order valence-electron chi connectivity index (χ4n) is 2.71. The fourth-order valence-corrected chi connectivity index (χ4v) is 2.71. The first kappa shape index (κ1) is 13.1. The normalized spacial score (nSPS) is 23.3. The molecule has 0 bridgehead atoms. The summed E-state index contributed by atoms with van der Waals surface area (Å²) in [5.74, 6) is -0.301. The molecular weight excluding hydrogens is 258 g/mol. The highest BCUT2D eigenvalue weighted by Gasteiger charge is 2.36. The monoisotopic (exact) mass is 275 g/mol. The number of hydrogen-bond acceptors (Lipinski definition) is 5. The average Bonchev–Trinajstić information content (AvgIpc) is 3.01. The first-order chi connectivity index (χ1) is 9.67. The molecule has 1 fully saturated rings. The average molecular weight is 275 g/mol. The number of β-amino-alcohol motifs (C(OH)–C–C–N with tert-alkyl or cyclic N) is 1. The van der Waals surface area contributed by atoms with Gasteiger partial charge >= 0.3 is 5.97 Å². The maximum atomic E-state index is 11.7. The van der Waals surface area contributed by atoms with Gasteiger partial charge in [0.15, 0.2) is 0 Å². The minimum atomic E-state index is -0.490. The van der Waals surface area contributed by atoms with E-state index < -0.39 is 6.10 Å². The molecule has 3 rings (SSSR count). The van der Waals surface area contributed by atoms with Crippen LogP contribution in [-0.2, 0) is 16.1 Å². The van der Waals surface area contributed by atoms with Crippen LogP contribution in [0.1, 0.15) is 12.1 Å². The van der Waals surface area contributed by atoms with Gasteiger partial charge in [0.2, 0.25) is 0 Å². The van der Waals surface area contributed by atoms with E-state index in [0.29, 0.717) is 19.5 Å². The van der Waals surface area contributed by atoms with E-state index in [1.807, 2.05) is 39.9 Å². The Bertz CT molecular complexity index is 592. The highest BCUT2D eigenvalue weighted by atomic mass is 16.5. The van der Waals surface area contributed by atoms with E-state index in [0.717, 1.165) is 11.3 Å². The van der Waals surface area contributed by atoms with Gasteiger partial charge in [0.25, 0.3) is 0 Å². The summed E-state index contributed by atoms with van der Waals surface area (Å²) < 4.78 is 6.73. The number of aliphatic hydroxyl groups is 1. The summed E-state index contributed by atoms with van der Waals surface area (Å²) in [4.78, 5) is 18.2. The Morgan fingerprint density at radius 2 is 2.40 bits per heavy atom. The molecule has 106 valence electrons. The summed E-state index contributed by atoms with van der Waals surface area (Å²) in [6.45, 7) is 0.992. The molecule has 3 heterocycles. The molecule has 0 spiro atoms. The number of likely N-dealkylation sites (tertiary alicyclic amines) is 1. The predicted molar refractivity (Wildman–Crippen MR) is 72.0 cm³/mol. The summed E-state index contributed by atoms with van der Waals surface area (Å²) in [6, 6.07) is 5.41. The van der Waals surface area contributed by atoms with Crippen LogP contribution in [0.3, 0.4) is 0 Å². The van der Waals surface area contributed by atoms with Gasteiger partial charge in [0.1, 0.15) is 11.7 Å². The van der Waals surface area contributed by atoms with Gasteiger partial charge in [-0.2, -0.15) is 0 Å². The number of aliphatic hydroxyl groups excluding tert-OH is 1. The number of ether oxygens (including phenoxy) is 1. The van der Waals surface area contributed by atoms with E-state index in [2.05, 4.69) is 4.98 Å². The van der Waals surface area contributed by atoms with Crippen molar-refractivity contribution in [2.24, 2.45) is 0 Å². The molecule has 20 heavy (non-hydrogen) atoms. The second-order valence-corrected chi connectivity index (χ2v) is 5.06. The van der Waals surface area contributed by atoms with E-state index in [-0.39, 0.29) is 12.0 Å². The smallest absolute Gasteiger partial charge is 0.323 e. The molecule has 0 radical (unpaired) electrons. The molecule has 6 heteroatoms. The van der Waals surface area contributed by atoms with Gasteiger partial charge in [-0.15, -0.1) is 0 Å². The minimum Gasteiger partial charge on any atom is -0.468 e. The summed E-state index contributed by atoms with van der Waals surface area (Å²) >= 11 is 0. The van der Waals surface area contributed by atoms with Gasteiger partial charge in [-0.3, -0.25) is 9.69 Å². The number of methoxy groups -OCH3 is 1. The van der Waals surface area contributed by atoms with Crippen molar-refractivity contribution in [1.29, 1.82) is 0 Å². The third kappa shape index (κ3) is 2.39. The molecule has 1 saturated heterocycles. The van der Waals surface area contributed by atoms with Crippen molar-refractivity contribution in [2.45, 2.75) is 25.1 Å². The lowest BCUT2D eigenvalue weighted by Gasteiger charge is -2.20. The lowest BCUT2D eigenvalue weighted by Crippen LogP contribution is -2.36. The number of esters is 1. The van der Waals surface area contributed by atoms with Crippen LogP contribution in [0, 0.1) is 0 Å². The Kier molecular flexibility index (Phi) is 3.42. The third-order valence-corrected chi connectivity index (χ3v) is 3.63. The number of hydrogen-bond donors (Lipinski definition) is 1. The minimum absolute atomic E-state index is 0.301. The van der Waals surface area contributed by atoms with Crippen LogP contribution >= 0.6 is 0 Å². The Hall–Kier alpha value is -1.92. The molecule has 2 aromatic heterocycles. The number of aromatic nitrogens is 2. The summed E-state index contributed by atoms with van der Waals surface area (Å²) in [5, 5.41) is 9.76. The molecule has 0 saturated carbocycles. The van der Waals surface area contributed by atoms with Crippen molar-refractivity contribution in [3.8, 4) is 0 Å². The van der Waals surface area contributed by atoms with Gasteiger partial charge in [0.05, 0.1) is 18.9 Å². The standard InChI is InChI=1S/C14H17N3O3/c1-20-14(19)12-6-11(18)9-17(12)8-10-7-16-5-3-2-4-13(16)15-10/h2-5,7,11-12,18H,6,8-9H2,1H3/t11-,12+/m1/s1. The number of fused-ring (bicyclic) bond motifs is 1. The van der Waals surface area contributed by atoms with Crippen LogP contribution < -0.4 is 0 Å². The van der Waals surface area contributed by atoms with E-state index >= 15 is 0 Å². The second kappa shape index (κ2) is 5.22. The van der Waals surface area contributed by atoms with Crippen molar-refractivity contribution in [2.75, 3.05) is 13.7 Å². The van der Waals surface area contributed by atoms with Gasteiger partial charge in [0, 0.05) is 31.9 Å². The zero-order chi connectivity index (χ0) is 14.1. The van der Waals surface area contributed by atoms with E-state index in [1.165, 1.54) is 7.11 Å². The maximum absolute atomic E-state index is 11.7. The maximum Gasteiger partial charge on any atom is 0.323 e. The number of imidazole rings is 1. The molecule has 2 atom stereocenters. The van der Waals surface area contributed by atoms with Gasteiger partial charge in [-0.05, 0) is 12.1 Å². The van der Waals surface area contributed by atoms with Crippen molar-refractivity contribution in [1.82, 2.24) is 14.3 Å². The van der Waals surface area contributed by atoms with Crippen LogP contribution in [0.5, 0.6) is 0 Å². The number of nitrogens with zero attached hydrogens (tertiary/aromatic N) is 3. The molecule has 0 aliphatic carbocycles. The van der Waals surface area contributed by atoms with Crippen molar-refractivity contribution in [3.05, 3.63) is 36.3 Å². The Morgan fingerprint density at radius 3 is 3.15 bits per heavy atom. The molecule has 1 N–H and O–H groups in total. The van der Waals surface area contributed by atoms with Crippen LogP contribution in [0.25, 0.3) is 5.65 Å². The number of rotatable bonds is 3. The van der Waals surface area contributed by atoms with E-state index in [9.17, 15) is 9.90 Å². The SMILES string of the molecule is COC(=O)[C@@H]1C[C@@H](O)CN1Cc1cn2ccccc2n1. The van der Waals surface area contributed by atoms with E-state index in [4.69, 9.17) is 4.74 Å². The lowest BCUT2D eigenvalue weighted by molar-refractivity contribution is -0.146. The van der Waals surface area contributed by atoms with Crippen molar-refractivity contribution < 1.29 is 14.6 Å². The van der Waals surface area contributed by atoms with Gasteiger partial charge < -0.3 is 14.2 Å². The first-order valence-corrected chi connectivity index (χ1v) is 6.60. The van der Waals surface area contributed by atoms with Gasteiger partial charge in [-0.1, -0.05) is 6.07 Å². The molecule has 1 aliphatic heterocycles. The number of pyridine rings is 1. The molecule has 1 aliphatic rings. The highest BCUT2D eigenvalue weighted by molar-refractivity contribution is 5.76. The van der Waals surface area contributed by atoms with Crippen LogP contribution in [0.4, 0.5) is 0 Å². The quantitative estimate of drug-likeness (QED) is 0.823. The zero-order valence-corrected chi connectivity index (χ0v) is 11.3. The van der Waals surface area contributed by atoms with Crippen LogP contribution in [0.2, 0.25) is 0 Å². The fraction of sp³-hybridized carbons (Fsp3) is 0.429.